The number of rotatable bonds is 5. The lowest BCUT2D eigenvalue weighted by atomic mass is 10.3. The van der Waals surface area contributed by atoms with E-state index in [0.717, 1.165) is 17.9 Å². The van der Waals surface area contributed by atoms with Crippen molar-refractivity contribution >= 4 is 23.4 Å². The first-order valence-electron chi connectivity index (χ1n) is 4.41. The van der Waals surface area contributed by atoms with Gasteiger partial charge in [0.25, 0.3) is 0 Å². The normalized spacial score (nSPS) is 12.8. The summed E-state index contributed by atoms with van der Waals surface area (Å²) in [6.07, 6.45) is 4.04. The molecule has 1 rings (SSSR count). The maximum atomic E-state index is 8.71. The molecule has 0 fully saturated rings. The number of halogens is 1. The van der Waals surface area contributed by atoms with Crippen LogP contribution in [-0.4, -0.2) is 26.9 Å². The van der Waals surface area contributed by atoms with Gasteiger partial charge >= 0.3 is 0 Å². The van der Waals surface area contributed by atoms with Gasteiger partial charge in [0.1, 0.15) is 5.15 Å². The van der Waals surface area contributed by atoms with E-state index in [0.29, 0.717) is 10.4 Å². The van der Waals surface area contributed by atoms with Gasteiger partial charge in [-0.2, -0.15) is 11.8 Å². The zero-order chi connectivity index (χ0) is 10.4. The average molecular weight is 233 g/mol. The van der Waals surface area contributed by atoms with Gasteiger partial charge in [-0.3, -0.25) is 4.98 Å². The number of thioether (sulfide) groups is 1. The van der Waals surface area contributed by atoms with E-state index in [1.165, 1.54) is 0 Å². The van der Waals surface area contributed by atoms with Crippen molar-refractivity contribution < 1.29 is 5.11 Å². The van der Waals surface area contributed by atoms with Crippen LogP contribution in [0.25, 0.3) is 0 Å². The number of aliphatic hydroxyl groups is 1. The molecular formula is C9H13ClN2OS. The zero-order valence-electron chi connectivity index (χ0n) is 7.98. The highest BCUT2D eigenvalue weighted by Crippen LogP contribution is 2.18. The fourth-order valence-electron chi connectivity index (χ4n) is 0.906. The molecule has 1 unspecified atom stereocenters. The molecular weight excluding hydrogens is 220 g/mol. The van der Waals surface area contributed by atoms with Gasteiger partial charge in [-0.05, 0) is 6.42 Å². The van der Waals surface area contributed by atoms with E-state index >= 15 is 0 Å². The highest BCUT2D eigenvalue weighted by atomic mass is 35.5. The molecule has 0 amide bonds. The summed E-state index contributed by atoms with van der Waals surface area (Å²) < 4.78 is 0. The summed E-state index contributed by atoms with van der Waals surface area (Å²) in [5.74, 6) is 0.811. The first kappa shape index (κ1) is 11.8. The molecule has 0 radical (unpaired) electrons. The van der Waals surface area contributed by atoms with E-state index in [-0.39, 0.29) is 6.61 Å². The van der Waals surface area contributed by atoms with Crippen LogP contribution in [0.4, 0.5) is 0 Å². The molecule has 0 aliphatic carbocycles. The molecule has 0 aliphatic heterocycles. The molecule has 78 valence electrons. The van der Waals surface area contributed by atoms with Gasteiger partial charge in [-0.15, -0.1) is 0 Å². The quantitative estimate of drug-likeness (QED) is 0.845. The van der Waals surface area contributed by atoms with Crippen LogP contribution in [-0.2, 0) is 5.75 Å². The largest absolute Gasteiger partial charge is 0.396 e. The van der Waals surface area contributed by atoms with E-state index < -0.39 is 0 Å². The van der Waals surface area contributed by atoms with Crippen LogP contribution in [0.3, 0.4) is 0 Å². The molecule has 0 saturated carbocycles. The van der Waals surface area contributed by atoms with Crippen LogP contribution in [0.15, 0.2) is 12.4 Å². The van der Waals surface area contributed by atoms with E-state index in [2.05, 4.69) is 16.9 Å². The standard InChI is InChI=1S/C9H13ClN2OS/c1-7(2-3-13)14-6-8-4-12-9(10)5-11-8/h4-5,7,13H,2-3,6H2,1H3. The molecule has 3 nitrogen and oxygen atoms in total. The minimum Gasteiger partial charge on any atom is -0.396 e. The molecule has 1 heterocycles. The van der Waals surface area contributed by atoms with Crippen LogP contribution in [0.2, 0.25) is 5.15 Å². The molecule has 1 aromatic heterocycles. The van der Waals surface area contributed by atoms with Crippen LogP contribution >= 0.6 is 23.4 Å². The maximum Gasteiger partial charge on any atom is 0.147 e. The number of aromatic nitrogens is 2. The summed E-state index contributed by atoms with van der Waals surface area (Å²) in [5.41, 5.74) is 0.921. The summed E-state index contributed by atoms with van der Waals surface area (Å²) in [6, 6.07) is 0. The van der Waals surface area contributed by atoms with Crippen molar-refractivity contribution in [2.24, 2.45) is 0 Å². The van der Waals surface area contributed by atoms with E-state index in [1.807, 2.05) is 0 Å². The second-order valence-electron chi connectivity index (χ2n) is 2.96. The van der Waals surface area contributed by atoms with Gasteiger partial charge < -0.3 is 5.11 Å². The minimum atomic E-state index is 0.237. The topological polar surface area (TPSA) is 46.0 Å². The lowest BCUT2D eigenvalue weighted by Crippen LogP contribution is -2.00. The second-order valence-corrected chi connectivity index (χ2v) is 4.78. The Morgan fingerprint density at radius 2 is 2.29 bits per heavy atom. The molecule has 14 heavy (non-hydrogen) atoms. The van der Waals surface area contributed by atoms with E-state index in [1.54, 1.807) is 24.2 Å². The number of nitrogens with zero attached hydrogens (tertiary/aromatic N) is 2. The Balaban J connectivity index is 2.34. The lowest BCUT2D eigenvalue weighted by molar-refractivity contribution is 0.289. The van der Waals surface area contributed by atoms with Crippen molar-refractivity contribution in [3.63, 3.8) is 0 Å². The molecule has 0 saturated heterocycles. The summed E-state index contributed by atoms with van der Waals surface area (Å²) in [5, 5.41) is 9.57. The Morgan fingerprint density at radius 1 is 1.50 bits per heavy atom. The van der Waals surface area contributed by atoms with E-state index in [4.69, 9.17) is 16.7 Å². The third kappa shape index (κ3) is 4.26. The van der Waals surface area contributed by atoms with Gasteiger partial charge in [0.2, 0.25) is 0 Å². The lowest BCUT2D eigenvalue weighted by Gasteiger charge is -2.08. The monoisotopic (exact) mass is 232 g/mol. The van der Waals surface area contributed by atoms with E-state index in [9.17, 15) is 0 Å². The second kappa shape index (κ2) is 6.22. The molecule has 0 aromatic carbocycles. The van der Waals surface area contributed by atoms with Gasteiger partial charge in [0, 0.05) is 17.6 Å². The van der Waals surface area contributed by atoms with Crippen molar-refractivity contribution in [1.82, 2.24) is 9.97 Å². The Kier molecular flexibility index (Phi) is 5.22. The predicted octanol–water partition coefficient (Wildman–Crippen LogP) is 2.13. The van der Waals surface area contributed by atoms with Crippen LogP contribution in [0, 0.1) is 0 Å². The third-order valence-corrected chi connectivity index (χ3v) is 3.19. The minimum absolute atomic E-state index is 0.237. The van der Waals surface area contributed by atoms with Gasteiger partial charge in [-0.1, -0.05) is 18.5 Å². The fraction of sp³-hybridized carbons (Fsp3) is 0.556. The van der Waals surface area contributed by atoms with Crippen LogP contribution in [0.1, 0.15) is 19.0 Å². The first-order chi connectivity index (χ1) is 6.72. The Hall–Kier alpha value is -0.320. The van der Waals surface area contributed by atoms with Crippen molar-refractivity contribution in [2.75, 3.05) is 6.61 Å². The van der Waals surface area contributed by atoms with Crippen molar-refractivity contribution in [3.8, 4) is 0 Å². The summed E-state index contributed by atoms with van der Waals surface area (Å²) in [6.45, 7) is 2.32. The van der Waals surface area contributed by atoms with Gasteiger partial charge in [0.05, 0.1) is 18.1 Å². The molecule has 0 aliphatic rings. The Labute approximate surface area is 92.9 Å². The summed E-state index contributed by atoms with van der Waals surface area (Å²) in [7, 11) is 0. The van der Waals surface area contributed by atoms with Crippen LogP contribution in [0.5, 0.6) is 0 Å². The number of aliphatic hydroxyl groups excluding tert-OH is 1. The molecule has 0 spiro atoms. The highest BCUT2D eigenvalue weighted by molar-refractivity contribution is 7.99. The summed E-state index contributed by atoms with van der Waals surface area (Å²) >= 11 is 7.36. The molecule has 5 heteroatoms. The third-order valence-electron chi connectivity index (χ3n) is 1.73. The van der Waals surface area contributed by atoms with Gasteiger partial charge in [0.15, 0.2) is 0 Å². The zero-order valence-corrected chi connectivity index (χ0v) is 9.55. The Bertz CT molecular complexity index is 268. The summed E-state index contributed by atoms with van der Waals surface area (Å²) in [4.78, 5) is 8.08. The van der Waals surface area contributed by atoms with Crippen molar-refractivity contribution in [2.45, 2.75) is 24.3 Å². The molecule has 0 bridgehead atoms. The smallest absolute Gasteiger partial charge is 0.147 e. The van der Waals surface area contributed by atoms with Crippen molar-refractivity contribution in [3.05, 3.63) is 23.2 Å². The average Bonchev–Trinajstić information content (AvgIpc) is 2.17. The van der Waals surface area contributed by atoms with Crippen LogP contribution < -0.4 is 0 Å². The fourth-order valence-corrected chi connectivity index (χ4v) is 1.88. The first-order valence-corrected chi connectivity index (χ1v) is 5.84. The molecule has 1 atom stereocenters. The number of hydrogen-bond donors (Lipinski definition) is 1. The molecule has 1 aromatic rings. The van der Waals surface area contributed by atoms with Crippen molar-refractivity contribution in [1.29, 1.82) is 0 Å². The number of hydrogen-bond acceptors (Lipinski definition) is 4. The highest BCUT2D eigenvalue weighted by Gasteiger charge is 2.03. The predicted molar refractivity (Wildman–Crippen MR) is 59.5 cm³/mol. The SMILES string of the molecule is CC(CCO)SCc1cnc(Cl)cn1. The maximum absolute atomic E-state index is 8.71. The molecule has 1 N–H and O–H groups in total. The van der Waals surface area contributed by atoms with Gasteiger partial charge in [-0.25, -0.2) is 4.98 Å². The Morgan fingerprint density at radius 3 is 2.86 bits per heavy atom.